The van der Waals surface area contributed by atoms with Crippen LogP contribution in [0.1, 0.15) is 22.0 Å². The first-order chi connectivity index (χ1) is 9.96. The Labute approximate surface area is 120 Å². The predicted octanol–water partition coefficient (Wildman–Crippen LogP) is 3.25. The van der Waals surface area contributed by atoms with Crippen LogP contribution in [0.4, 0.5) is 8.78 Å². The number of hydrogen-bond acceptors (Lipinski definition) is 3. The summed E-state index contributed by atoms with van der Waals surface area (Å²) in [4.78, 5) is 11.9. The number of ether oxygens (including phenoxy) is 1. The molecule has 0 aliphatic carbocycles. The SMILES string of the molecule is COc1ccc(C(=O)C(F)(F)C(O)c2ccccc2)cc1. The molecule has 0 aliphatic heterocycles. The van der Waals surface area contributed by atoms with Gasteiger partial charge in [-0.2, -0.15) is 8.78 Å². The molecule has 2 aromatic carbocycles. The van der Waals surface area contributed by atoms with Crippen molar-refractivity contribution in [2.75, 3.05) is 7.11 Å². The minimum atomic E-state index is -3.91. The topological polar surface area (TPSA) is 46.5 Å². The summed E-state index contributed by atoms with van der Waals surface area (Å²) in [6, 6.07) is 12.7. The van der Waals surface area contributed by atoms with E-state index in [9.17, 15) is 18.7 Å². The Morgan fingerprint density at radius 2 is 1.67 bits per heavy atom. The van der Waals surface area contributed by atoms with Gasteiger partial charge >= 0.3 is 5.92 Å². The number of rotatable bonds is 5. The van der Waals surface area contributed by atoms with Gasteiger partial charge in [0, 0.05) is 5.56 Å². The molecule has 1 unspecified atom stereocenters. The number of ketones is 1. The third-order valence-corrected chi connectivity index (χ3v) is 3.11. The Morgan fingerprint density at radius 1 is 1.10 bits per heavy atom. The second kappa shape index (κ2) is 6.01. The minimum Gasteiger partial charge on any atom is -0.497 e. The highest BCUT2D eigenvalue weighted by Gasteiger charge is 2.47. The normalized spacial score (nSPS) is 12.8. The first-order valence-electron chi connectivity index (χ1n) is 6.26. The van der Waals surface area contributed by atoms with Crippen molar-refractivity contribution in [3.05, 3.63) is 65.7 Å². The Morgan fingerprint density at radius 3 is 2.19 bits per heavy atom. The van der Waals surface area contributed by atoms with Crippen LogP contribution >= 0.6 is 0 Å². The van der Waals surface area contributed by atoms with Crippen molar-refractivity contribution in [2.45, 2.75) is 12.0 Å². The molecule has 2 aromatic rings. The quantitative estimate of drug-likeness (QED) is 0.860. The zero-order valence-corrected chi connectivity index (χ0v) is 11.3. The molecule has 0 aromatic heterocycles. The van der Waals surface area contributed by atoms with Crippen LogP contribution < -0.4 is 4.74 Å². The van der Waals surface area contributed by atoms with Gasteiger partial charge in [-0.1, -0.05) is 30.3 Å². The molecule has 5 heteroatoms. The zero-order chi connectivity index (χ0) is 15.5. The maximum Gasteiger partial charge on any atom is 0.339 e. The van der Waals surface area contributed by atoms with Gasteiger partial charge in [-0.25, -0.2) is 0 Å². The average Bonchev–Trinajstić information content (AvgIpc) is 2.54. The number of methoxy groups -OCH3 is 1. The number of aliphatic hydroxyl groups excluding tert-OH is 1. The number of hydrogen-bond donors (Lipinski definition) is 1. The van der Waals surface area contributed by atoms with Crippen molar-refractivity contribution in [1.29, 1.82) is 0 Å². The van der Waals surface area contributed by atoms with Crippen LogP contribution in [0, 0.1) is 0 Å². The van der Waals surface area contributed by atoms with Gasteiger partial charge in [0.05, 0.1) is 7.11 Å². The number of alkyl halides is 2. The monoisotopic (exact) mass is 292 g/mol. The second-order valence-electron chi connectivity index (χ2n) is 4.49. The Balaban J connectivity index is 2.27. The van der Waals surface area contributed by atoms with Gasteiger partial charge in [-0.15, -0.1) is 0 Å². The molecule has 0 saturated carbocycles. The lowest BCUT2D eigenvalue weighted by molar-refractivity contribution is -0.0792. The summed E-state index contributed by atoms with van der Waals surface area (Å²) in [5.41, 5.74) is -0.194. The fraction of sp³-hybridized carbons (Fsp3) is 0.188. The van der Waals surface area contributed by atoms with Crippen LogP contribution in [0.25, 0.3) is 0 Å². The first kappa shape index (κ1) is 15.1. The van der Waals surface area contributed by atoms with Crippen molar-refractivity contribution in [3.8, 4) is 5.75 Å². The van der Waals surface area contributed by atoms with Gasteiger partial charge in [0.1, 0.15) is 5.75 Å². The van der Waals surface area contributed by atoms with E-state index in [2.05, 4.69) is 0 Å². The molecule has 0 amide bonds. The summed E-state index contributed by atoms with van der Waals surface area (Å²) in [5, 5.41) is 9.79. The maximum absolute atomic E-state index is 14.1. The second-order valence-corrected chi connectivity index (χ2v) is 4.49. The van der Waals surface area contributed by atoms with Crippen LogP contribution in [0.2, 0.25) is 0 Å². The van der Waals surface area contributed by atoms with E-state index in [4.69, 9.17) is 4.74 Å². The number of aliphatic hydroxyl groups is 1. The van der Waals surface area contributed by atoms with Gasteiger partial charge in [-0.3, -0.25) is 4.79 Å². The third-order valence-electron chi connectivity index (χ3n) is 3.11. The van der Waals surface area contributed by atoms with Crippen molar-refractivity contribution in [1.82, 2.24) is 0 Å². The highest BCUT2D eigenvalue weighted by molar-refractivity contribution is 6.01. The van der Waals surface area contributed by atoms with Crippen molar-refractivity contribution < 1.29 is 23.4 Å². The van der Waals surface area contributed by atoms with E-state index in [0.29, 0.717) is 5.75 Å². The fourth-order valence-electron chi connectivity index (χ4n) is 1.90. The lowest BCUT2D eigenvalue weighted by Gasteiger charge is -2.21. The van der Waals surface area contributed by atoms with Crippen LogP contribution in [0.3, 0.4) is 0 Å². The van der Waals surface area contributed by atoms with E-state index >= 15 is 0 Å². The molecular formula is C16H14F2O3. The number of carbonyl (C=O) groups is 1. The summed E-state index contributed by atoms with van der Waals surface area (Å²) in [5.74, 6) is -4.88. The molecule has 3 nitrogen and oxygen atoms in total. The van der Waals surface area contributed by atoms with E-state index in [0.717, 1.165) is 0 Å². The molecular weight excluding hydrogens is 278 g/mol. The number of carbonyl (C=O) groups excluding carboxylic acids is 1. The number of Topliss-reactive ketones (excluding diaryl/α,β-unsaturated/α-hetero) is 1. The van der Waals surface area contributed by atoms with Gasteiger partial charge in [0.15, 0.2) is 6.10 Å². The number of halogens is 2. The van der Waals surface area contributed by atoms with Gasteiger partial charge in [0.25, 0.3) is 0 Å². The summed E-state index contributed by atoms with van der Waals surface area (Å²) < 4.78 is 33.2. The number of benzene rings is 2. The van der Waals surface area contributed by atoms with E-state index in [1.807, 2.05) is 0 Å². The molecule has 2 rings (SSSR count). The lowest BCUT2D eigenvalue weighted by atomic mass is 9.96. The largest absolute Gasteiger partial charge is 0.497 e. The first-order valence-corrected chi connectivity index (χ1v) is 6.26. The molecule has 110 valence electrons. The Bertz CT molecular complexity index is 609. The van der Waals surface area contributed by atoms with Crippen LogP contribution in [-0.4, -0.2) is 23.9 Å². The van der Waals surface area contributed by atoms with E-state index in [1.54, 1.807) is 6.07 Å². The van der Waals surface area contributed by atoms with Crippen LogP contribution in [0.15, 0.2) is 54.6 Å². The summed E-state index contributed by atoms with van der Waals surface area (Å²) in [6.45, 7) is 0. The van der Waals surface area contributed by atoms with E-state index in [1.165, 1.54) is 55.6 Å². The molecule has 1 atom stereocenters. The maximum atomic E-state index is 14.1. The molecule has 0 fully saturated rings. The molecule has 0 saturated heterocycles. The highest BCUT2D eigenvalue weighted by Crippen LogP contribution is 2.34. The molecule has 0 heterocycles. The van der Waals surface area contributed by atoms with Gasteiger partial charge in [-0.05, 0) is 29.8 Å². The van der Waals surface area contributed by atoms with Crippen LogP contribution in [0.5, 0.6) is 5.75 Å². The highest BCUT2D eigenvalue weighted by atomic mass is 19.3. The smallest absolute Gasteiger partial charge is 0.339 e. The predicted molar refractivity (Wildman–Crippen MR) is 73.7 cm³/mol. The lowest BCUT2D eigenvalue weighted by Crippen LogP contribution is -2.35. The Hall–Kier alpha value is -2.27. The van der Waals surface area contributed by atoms with Crippen LogP contribution in [-0.2, 0) is 0 Å². The molecule has 1 N–H and O–H groups in total. The Kier molecular flexibility index (Phi) is 4.33. The molecule has 0 radical (unpaired) electrons. The van der Waals surface area contributed by atoms with Crippen molar-refractivity contribution in [2.24, 2.45) is 0 Å². The molecule has 0 aliphatic rings. The van der Waals surface area contributed by atoms with Gasteiger partial charge < -0.3 is 9.84 Å². The fourth-order valence-corrected chi connectivity index (χ4v) is 1.90. The standard InChI is InChI=1S/C16H14F2O3/c1-21-13-9-7-12(8-10-13)15(20)16(17,18)14(19)11-5-3-2-4-6-11/h2-10,14,19H,1H3. The average molecular weight is 292 g/mol. The van der Waals surface area contributed by atoms with Gasteiger partial charge in [0.2, 0.25) is 5.78 Å². The minimum absolute atomic E-state index is 0.00985. The summed E-state index contributed by atoms with van der Waals surface area (Å²) >= 11 is 0. The van der Waals surface area contributed by atoms with Crippen molar-refractivity contribution >= 4 is 5.78 Å². The molecule has 0 spiro atoms. The van der Waals surface area contributed by atoms with E-state index in [-0.39, 0.29) is 11.1 Å². The molecule has 21 heavy (non-hydrogen) atoms. The summed E-state index contributed by atoms with van der Waals surface area (Å²) in [7, 11) is 1.44. The van der Waals surface area contributed by atoms with Crippen molar-refractivity contribution in [3.63, 3.8) is 0 Å². The zero-order valence-electron chi connectivity index (χ0n) is 11.3. The molecule has 0 bridgehead atoms. The third kappa shape index (κ3) is 3.08. The summed E-state index contributed by atoms with van der Waals surface area (Å²) in [6.07, 6.45) is -2.19. The van der Waals surface area contributed by atoms with E-state index < -0.39 is 17.8 Å².